The second-order valence-electron chi connectivity index (χ2n) is 6.29. The fourth-order valence-corrected chi connectivity index (χ4v) is 2.83. The molecule has 2 aromatic rings. The Labute approximate surface area is 152 Å². The fraction of sp³-hybridized carbons (Fsp3) is 0.368. The Bertz CT molecular complexity index is 763. The van der Waals surface area contributed by atoms with Crippen LogP contribution in [0, 0.1) is 6.92 Å². The molecule has 1 aliphatic heterocycles. The van der Waals surface area contributed by atoms with Crippen molar-refractivity contribution in [2.24, 2.45) is 0 Å². The molecule has 0 atom stereocenters. The third-order valence-electron chi connectivity index (χ3n) is 4.31. The number of hydrogen-bond acceptors (Lipinski definition) is 5. The van der Waals surface area contributed by atoms with Gasteiger partial charge >= 0.3 is 0 Å². The third kappa shape index (κ3) is 4.23. The number of rotatable bonds is 5. The number of anilines is 2. The summed E-state index contributed by atoms with van der Waals surface area (Å²) in [7, 11) is 1.57. The number of aryl methyl sites for hydroxylation is 1. The summed E-state index contributed by atoms with van der Waals surface area (Å²) in [6.45, 7) is 4.93. The summed E-state index contributed by atoms with van der Waals surface area (Å²) in [5.74, 6) is -0.315. The van der Waals surface area contributed by atoms with E-state index in [0.717, 1.165) is 37.6 Å². The van der Waals surface area contributed by atoms with Gasteiger partial charge in [0.15, 0.2) is 5.76 Å². The SMILES string of the molecule is Cc1ccoc1C(=O)N(C)CC(=O)Nc1ccc(N2CCOCC2)cc1. The van der Waals surface area contributed by atoms with E-state index < -0.39 is 0 Å². The van der Waals surface area contributed by atoms with Gasteiger partial charge in [0.2, 0.25) is 5.91 Å². The molecular weight excluding hydrogens is 334 g/mol. The summed E-state index contributed by atoms with van der Waals surface area (Å²) in [5, 5.41) is 2.81. The number of carbonyl (C=O) groups excluding carboxylic acids is 2. The van der Waals surface area contributed by atoms with Gasteiger partial charge in [-0.15, -0.1) is 0 Å². The lowest BCUT2D eigenvalue weighted by Gasteiger charge is -2.28. The normalized spacial score (nSPS) is 14.2. The van der Waals surface area contributed by atoms with Gasteiger partial charge < -0.3 is 24.3 Å². The van der Waals surface area contributed by atoms with E-state index in [1.54, 1.807) is 20.0 Å². The van der Waals surface area contributed by atoms with Crippen LogP contribution < -0.4 is 10.2 Å². The number of benzene rings is 1. The monoisotopic (exact) mass is 357 g/mol. The number of likely N-dealkylation sites (N-methyl/N-ethyl adjacent to an activating group) is 1. The van der Waals surface area contributed by atoms with E-state index in [1.165, 1.54) is 11.2 Å². The summed E-state index contributed by atoms with van der Waals surface area (Å²) in [5.41, 5.74) is 2.55. The summed E-state index contributed by atoms with van der Waals surface area (Å²) in [6, 6.07) is 9.39. The van der Waals surface area contributed by atoms with Gasteiger partial charge in [0.05, 0.1) is 26.0 Å². The van der Waals surface area contributed by atoms with E-state index in [2.05, 4.69) is 10.2 Å². The van der Waals surface area contributed by atoms with Crippen molar-refractivity contribution in [3.05, 3.63) is 47.9 Å². The minimum Gasteiger partial charge on any atom is -0.459 e. The Balaban J connectivity index is 1.54. The minimum atomic E-state index is -0.315. The van der Waals surface area contributed by atoms with Crippen LogP contribution in [-0.2, 0) is 9.53 Å². The first-order valence-electron chi connectivity index (χ1n) is 8.57. The van der Waals surface area contributed by atoms with Crippen LogP contribution in [0.2, 0.25) is 0 Å². The van der Waals surface area contributed by atoms with E-state index in [4.69, 9.17) is 9.15 Å². The minimum absolute atomic E-state index is 0.0514. The average molecular weight is 357 g/mol. The van der Waals surface area contributed by atoms with Crippen LogP contribution in [0.5, 0.6) is 0 Å². The number of ether oxygens (including phenoxy) is 1. The molecular formula is C19H23N3O4. The Morgan fingerprint density at radius 3 is 2.46 bits per heavy atom. The molecule has 2 heterocycles. The molecule has 0 radical (unpaired) electrons. The number of nitrogens with zero attached hydrogens (tertiary/aromatic N) is 2. The van der Waals surface area contributed by atoms with Gasteiger partial charge in [0.1, 0.15) is 0 Å². The van der Waals surface area contributed by atoms with Crippen LogP contribution in [0.3, 0.4) is 0 Å². The van der Waals surface area contributed by atoms with Crippen molar-refractivity contribution < 1.29 is 18.7 Å². The zero-order chi connectivity index (χ0) is 18.5. The molecule has 7 nitrogen and oxygen atoms in total. The van der Waals surface area contributed by atoms with Crippen LogP contribution in [0.4, 0.5) is 11.4 Å². The standard InChI is InChI=1S/C19H23N3O4/c1-14-7-10-26-18(14)19(24)21(2)13-17(23)20-15-3-5-16(6-4-15)22-8-11-25-12-9-22/h3-7,10H,8-9,11-13H2,1-2H3,(H,20,23). The zero-order valence-electron chi connectivity index (χ0n) is 15.0. The van der Waals surface area contributed by atoms with E-state index in [9.17, 15) is 9.59 Å². The lowest BCUT2D eigenvalue weighted by Crippen LogP contribution is -2.36. The number of amides is 2. The highest BCUT2D eigenvalue weighted by Crippen LogP contribution is 2.19. The Morgan fingerprint density at radius 1 is 1.15 bits per heavy atom. The second-order valence-corrected chi connectivity index (χ2v) is 6.29. The zero-order valence-corrected chi connectivity index (χ0v) is 15.0. The molecule has 2 amide bonds. The molecule has 1 aromatic heterocycles. The molecule has 1 saturated heterocycles. The third-order valence-corrected chi connectivity index (χ3v) is 4.31. The highest BCUT2D eigenvalue weighted by atomic mass is 16.5. The number of hydrogen-bond donors (Lipinski definition) is 1. The molecule has 1 N–H and O–H groups in total. The topological polar surface area (TPSA) is 75.0 Å². The van der Waals surface area contributed by atoms with Crippen LogP contribution in [0.15, 0.2) is 41.0 Å². The molecule has 1 aliphatic rings. The van der Waals surface area contributed by atoms with Crippen molar-refractivity contribution in [1.82, 2.24) is 4.90 Å². The van der Waals surface area contributed by atoms with Crippen LogP contribution in [0.25, 0.3) is 0 Å². The largest absolute Gasteiger partial charge is 0.459 e. The molecule has 7 heteroatoms. The molecule has 1 aromatic carbocycles. The highest BCUT2D eigenvalue weighted by molar-refractivity contribution is 5.98. The first kappa shape index (κ1) is 18.0. The summed E-state index contributed by atoms with van der Waals surface area (Å²) < 4.78 is 10.5. The quantitative estimate of drug-likeness (QED) is 0.887. The van der Waals surface area contributed by atoms with Crippen LogP contribution in [-0.4, -0.2) is 56.6 Å². The molecule has 0 saturated carbocycles. The van der Waals surface area contributed by atoms with E-state index in [1.807, 2.05) is 24.3 Å². The molecule has 26 heavy (non-hydrogen) atoms. The highest BCUT2D eigenvalue weighted by Gasteiger charge is 2.19. The lowest BCUT2D eigenvalue weighted by atomic mass is 10.2. The van der Waals surface area contributed by atoms with Crippen molar-refractivity contribution in [3.8, 4) is 0 Å². The molecule has 0 spiro atoms. The van der Waals surface area contributed by atoms with Crippen molar-refractivity contribution in [3.63, 3.8) is 0 Å². The molecule has 0 bridgehead atoms. The Kier molecular flexibility index (Phi) is 5.58. The van der Waals surface area contributed by atoms with Gasteiger partial charge in [-0.25, -0.2) is 0 Å². The molecule has 3 rings (SSSR count). The number of carbonyl (C=O) groups is 2. The first-order chi connectivity index (χ1) is 12.5. The molecule has 138 valence electrons. The van der Waals surface area contributed by atoms with E-state index in [-0.39, 0.29) is 24.1 Å². The molecule has 1 fully saturated rings. The van der Waals surface area contributed by atoms with E-state index in [0.29, 0.717) is 5.69 Å². The predicted octanol–water partition coefficient (Wildman–Crippen LogP) is 2.14. The summed E-state index contributed by atoms with van der Waals surface area (Å²) in [6.07, 6.45) is 1.46. The second kappa shape index (κ2) is 8.05. The van der Waals surface area contributed by atoms with Gasteiger partial charge in [0.25, 0.3) is 5.91 Å². The van der Waals surface area contributed by atoms with Gasteiger partial charge in [-0.2, -0.15) is 0 Å². The predicted molar refractivity (Wildman–Crippen MR) is 98.5 cm³/mol. The summed E-state index contributed by atoms with van der Waals surface area (Å²) >= 11 is 0. The van der Waals surface area contributed by atoms with Crippen molar-refractivity contribution in [2.45, 2.75) is 6.92 Å². The van der Waals surface area contributed by atoms with Gasteiger partial charge in [-0.1, -0.05) is 0 Å². The summed E-state index contributed by atoms with van der Waals surface area (Å²) in [4.78, 5) is 28.1. The smallest absolute Gasteiger partial charge is 0.290 e. The van der Waals surface area contributed by atoms with E-state index >= 15 is 0 Å². The number of morpholine rings is 1. The molecule has 0 unspecified atom stereocenters. The maximum Gasteiger partial charge on any atom is 0.290 e. The van der Waals surface area contributed by atoms with Crippen LogP contribution in [0.1, 0.15) is 16.1 Å². The fourth-order valence-electron chi connectivity index (χ4n) is 2.83. The maximum atomic E-state index is 12.3. The van der Waals surface area contributed by atoms with Crippen LogP contribution >= 0.6 is 0 Å². The number of furan rings is 1. The lowest BCUT2D eigenvalue weighted by molar-refractivity contribution is -0.116. The van der Waals surface area contributed by atoms with Crippen molar-refractivity contribution >= 4 is 23.2 Å². The van der Waals surface area contributed by atoms with Gasteiger partial charge in [-0.3, -0.25) is 9.59 Å². The average Bonchev–Trinajstić information content (AvgIpc) is 3.08. The number of nitrogens with one attached hydrogen (secondary N) is 1. The Hall–Kier alpha value is -2.80. The van der Waals surface area contributed by atoms with Crippen molar-refractivity contribution in [2.75, 3.05) is 50.1 Å². The van der Waals surface area contributed by atoms with Crippen molar-refractivity contribution in [1.29, 1.82) is 0 Å². The van der Waals surface area contributed by atoms with Gasteiger partial charge in [0, 0.05) is 37.1 Å². The van der Waals surface area contributed by atoms with Gasteiger partial charge in [-0.05, 0) is 37.3 Å². The molecule has 0 aliphatic carbocycles. The Morgan fingerprint density at radius 2 is 1.85 bits per heavy atom. The maximum absolute atomic E-state index is 12.3. The first-order valence-corrected chi connectivity index (χ1v) is 8.57.